The highest BCUT2D eigenvalue weighted by Crippen LogP contribution is 2.40. The van der Waals surface area contributed by atoms with Crippen molar-refractivity contribution in [3.05, 3.63) is 24.3 Å². The largest absolute Gasteiger partial charge is 0.481 e. The lowest BCUT2D eigenvalue weighted by atomic mass is 10.3. The highest BCUT2D eigenvalue weighted by Gasteiger charge is 2.30. The van der Waals surface area contributed by atoms with Crippen LogP contribution in [0.4, 0.5) is 18.9 Å². The smallest absolute Gasteiger partial charge is 0.446 e. The Morgan fingerprint density at radius 1 is 1.30 bits per heavy atom. The van der Waals surface area contributed by atoms with Crippen LogP contribution in [-0.2, 0) is 14.8 Å². The molecule has 1 aromatic rings. The molecule has 0 aliphatic carbocycles. The topological polar surface area (TPSA) is 83.5 Å². The number of carboxylic acids is 1. The van der Waals surface area contributed by atoms with E-state index in [4.69, 9.17) is 5.11 Å². The van der Waals surface area contributed by atoms with Crippen molar-refractivity contribution < 1.29 is 31.5 Å². The Bertz CT molecular complexity index is 586. The average molecular weight is 329 g/mol. The van der Waals surface area contributed by atoms with Gasteiger partial charge in [0.05, 0.1) is 17.9 Å². The molecular formula is C10H10F3NO4S2. The van der Waals surface area contributed by atoms with E-state index in [1.165, 1.54) is 18.2 Å². The molecule has 0 heterocycles. The molecule has 20 heavy (non-hydrogen) atoms. The molecule has 10 heteroatoms. The lowest BCUT2D eigenvalue weighted by Gasteiger charge is -2.12. The number of para-hydroxylation sites is 1. The Morgan fingerprint density at radius 2 is 1.90 bits per heavy atom. The normalized spacial score (nSPS) is 12.2. The van der Waals surface area contributed by atoms with E-state index in [9.17, 15) is 26.4 Å². The molecule has 0 atom stereocenters. The number of anilines is 1. The van der Waals surface area contributed by atoms with Gasteiger partial charge >= 0.3 is 11.5 Å². The van der Waals surface area contributed by atoms with E-state index in [0.29, 0.717) is 0 Å². The molecule has 0 aliphatic rings. The Labute approximate surface area is 117 Å². The Kier molecular flexibility index (Phi) is 5.28. The van der Waals surface area contributed by atoms with Crippen molar-refractivity contribution >= 4 is 33.4 Å². The summed E-state index contributed by atoms with van der Waals surface area (Å²) in [7, 11) is -4.02. The number of hydrogen-bond donors (Lipinski definition) is 2. The standard InChI is InChI=1S/C10H10F3NO4S2/c11-10(12,13)19-8-4-2-1-3-7(8)14-20(17,18)6-5-9(15)16/h1-4,14H,5-6H2,(H,15,16). The fourth-order valence-corrected chi connectivity index (χ4v) is 2.95. The maximum absolute atomic E-state index is 12.3. The zero-order valence-corrected chi connectivity index (χ0v) is 11.5. The molecule has 0 fully saturated rings. The third-order valence-corrected chi connectivity index (χ3v) is 4.04. The Balaban J connectivity index is 2.89. The van der Waals surface area contributed by atoms with E-state index in [2.05, 4.69) is 0 Å². The molecule has 0 amide bonds. The molecule has 0 unspecified atom stereocenters. The second kappa shape index (κ2) is 6.35. The first kappa shape index (κ1) is 16.6. The Hall–Kier alpha value is -1.42. The van der Waals surface area contributed by atoms with E-state index in [1.54, 1.807) is 0 Å². The van der Waals surface area contributed by atoms with E-state index in [1.807, 2.05) is 4.72 Å². The number of benzene rings is 1. The molecule has 0 saturated heterocycles. The SMILES string of the molecule is O=C(O)CCS(=O)(=O)Nc1ccccc1SC(F)(F)F. The summed E-state index contributed by atoms with van der Waals surface area (Å²) in [5.74, 6) is -2.03. The monoisotopic (exact) mass is 329 g/mol. The van der Waals surface area contributed by atoms with Crippen molar-refractivity contribution in [3.63, 3.8) is 0 Å². The molecule has 0 saturated carbocycles. The molecule has 2 N–H and O–H groups in total. The van der Waals surface area contributed by atoms with Gasteiger partial charge in [0.15, 0.2) is 0 Å². The summed E-state index contributed by atoms with van der Waals surface area (Å²) < 4.78 is 62.0. The third-order valence-electron chi connectivity index (χ3n) is 1.96. The maximum atomic E-state index is 12.3. The summed E-state index contributed by atoms with van der Waals surface area (Å²) in [4.78, 5) is 10.0. The minimum Gasteiger partial charge on any atom is -0.481 e. The van der Waals surface area contributed by atoms with Crippen LogP contribution in [0.25, 0.3) is 0 Å². The van der Waals surface area contributed by atoms with E-state index >= 15 is 0 Å². The number of alkyl halides is 3. The van der Waals surface area contributed by atoms with Crippen molar-refractivity contribution in [1.82, 2.24) is 0 Å². The van der Waals surface area contributed by atoms with Crippen LogP contribution >= 0.6 is 11.8 Å². The molecule has 1 rings (SSSR count). The summed E-state index contributed by atoms with van der Waals surface area (Å²) in [5.41, 5.74) is -4.79. The van der Waals surface area contributed by atoms with Crippen LogP contribution in [0, 0.1) is 0 Å². The predicted octanol–water partition coefficient (Wildman–Crippen LogP) is 2.51. The molecule has 1 aromatic carbocycles. The third kappa shape index (κ3) is 6.15. The Morgan fingerprint density at radius 3 is 2.45 bits per heavy atom. The first-order valence-electron chi connectivity index (χ1n) is 5.16. The second-order valence-corrected chi connectivity index (χ2v) is 6.56. The molecule has 112 valence electrons. The zero-order chi connectivity index (χ0) is 15.4. The molecule has 5 nitrogen and oxygen atoms in total. The highest BCUT2D eigenvalue weighted by atomic mass is 32.2. The van der Waals surface area contributed by atoms with Crippen molar-refractivity contribution in [2.75, 3.05) is 10.5 Å². The number of rotatable bonds is 6. The molecule has 0 spiro atoms. The van der Waals surface area contributed by atoms with Gasteiger partial charge in [0.25, 0.3) is 0 Å². The second-order valence-electron chi connectivity index (χ2n) is 3.61. The van der Waals surface area contributed by atoms with Crippen molar-refractivity contribution in [2.45, 2.75) is 16.8 Å². The summed E-state index contributed by atoms with van der Waals surface area (Å²) >= 11 is -0.451. The van der Waals surface area contributed by atoms with Gasteiger partial charge in [-0.3, -0.25) is 9.52 Å². The van der Waals surface area contributed by atoms with Gasteiger partial charge < -0.3 is 5.11 Å². The zero-order valence-electron chi connectivity index (χ0n) is 9.85. The number of carboxylic acid groups (broad SMARTS) is 1. The van der Waals surface area contributed by atoms with Gasteiger partial charge in [0, 0.05) is 4.90 Å². The number of hydrogen-bond acceptors (Lipinski definition) is 4. The lowest BCUT2D eigenvalue weighted by Crippen LogP contribution is -2.19. The van der Waals surface area contributed by atoms with Crippen LogP contribution in [0.3, 0.4) is 0 Å². The summed E-state index contributed by atoms with van der Waals surface area (Å²) in [6.45, 7) is 0. The van der Waals surface area contributed by atoms with Gasteiger partial charge in [0.2, 0.25) is 10.0 Å². The minimum atomic E-state index is -4.55. The molecular weight excluding hydrogens is 319 g/mol. The average Bonchev–Trinajstić information content (AvgIpc) is 2.27. The van der Waals surface area contributed by atoms with Crippen molar-refractivity contribution in [3.8, 4) is 0 Å². The van der Waals surface area contributed by atoms with Crippen LogP contribution in [0.1, 0.15) is 6.42 Å². The van der Waals surface area contributed by atoms with Crippen LogP contribution in [0.5, 0.6) is 0 Å². The van der Waals surface area contributed by atoms with Gasteiger partial charge in [-0.15, -0.1) is 0 Å². The van der Waals surface area contributed by atoms with Crippen LogP contribution in [-0.4, -0.2) is 30.8 Å². The molecule has 0 radical (unpaired) electrons. The van der Waals surface area contributed by atoms with Crippen LogP contribution < -0.4 is 4.72 Å². The van der Waals surface area contributed by atoms with Gasteiger partial charge in [-0.25, -0.2) is 8.42 Å². The van der Waals surface area contributed by atoms with Crippen LogP contribution in [0.15, 0.2) is 29.2 Å². The number of halogens is 3. The molecule has 0 aromatic heterocycles. The molecule has 0 bridgehead atoms. The van der Waals surface area contributed by atoms with Gasteiger partial charge in [-0.05, 0) is 23.9 Å². The minimum absolute atomic E-state index is 0.236. The van der Waals surface area contributed by atoms with Gasteiger partial charge in [0.1, 0.15) is 0 Å². The highest BCUT2D eigenvalue weighted by molar-refractivity contribution is 8.00. The number of nitrogens with one attached hydrogen (secondary N) is 1. The van der Waals surface area contributed by atoms with E-state index in [0.717, 1.165) is 6.07 Å². The van der Waals surface area contributed by atoms with Crippen molar-refractivity contribution in [2.24, 2.45) is 0 Å². The number of aliphatic carboxylic acids is 1. The fourth-order valence-electron chi connectivity index (χ4n) is 1.20. The summed E-state index contributed by atoms with van der Waals surface area (Å²) in [6.07, 6.45) is -0.635. The van der Waals surface area contributed by atoms with Gasteiger partial charge in [-0.2, -0.15) is 13.2 Å². The predicted molar refractivity (Wildman–Crippen MR) is 68.0 cm³/mol. The first-order chi connectivity index (χ1) is 9.09. The first-order valence-corrected chi connectivity index (χ1v) is 7.63. The van der Waals surface area contributed by atoms with Crippen molar-refractivity contribution in [1.29, 1.82) is 0 Å². The molecule has 0 aliphatic heterocycles. The summed E-state index contributed by atoms with van der Waals surface area (Å²) in [6, 6.07) is 5.00. The van der Waals surface area contributed by atoms with E-state index in [-0.39, 0.29) is 10.6 Å². The maximum Gasteiger partial charge on any atom is 0.446 e. The lowest BCUT2D eigenvalue weighted by molar-refractivity contribution is -0.136. The van der Waals surface area contributed by atoms with Gasteiger partial charge in [-0.1, -0.05) is 12.1 Å². The number of carbonyl (C=O) groups is 1. The quantitative estimate of drug-likeness (QED) is 0.784. The van der Waals surface area contributed by atoms with E-state index < -0.39 is 45.4 Å². The fraction of sp³-hybridized carbons (Fsp3) is 0.300. The van der Waals surface area contributed by atoms with Crippen LogP contribution in [0.2, 0.25) is 0 Å². The number of sulfonamides is 1. The number of thioether (sulfide) groups is 1. The summed E-state index contributed by atoms with van der Waals surface area (Å²) in [5, 5.41) is 8.41.